The summed E-state index contributed by atoms with van der Waals surface area (Å²) in [6.45, 7) is 1.95. The van der Waals surface area contributed by atoms with Gasteiger partial charge in [0.2, 0.25) is 0 Å². The van der Waals surface area contributed by atoms with Crippen molar-refractivity contribution in [3.8, 4) is 27.3 Å². The van der Waals surface area contributed by atoms with E-state index in [0.29, 0.717) is 46.7 Å². The van der Waals surface area contributed by atoms with Crippen LogP contribution in [-0.4, -0.2) is 59.0 Å². The van der Waals surface area contributed by atoms with E-state index in [9.17, 15) is 14.4 Å². The first-order valence-electron chi connectivity index (χ1n) is 14.4. The van der Waals surface area contributed by atoms with Crippen LogP contribution < -0.4 is 26.4 Å². The van der Waals surface area contributed by atoms with Crippen LogP contribution in [0.1, 0.15) is 49.7 Å². The molecular formula is C32H29N7O5S. The zero-order valence-electron chi connectivity index (χ0n) is 24.2. The van der Waals surface area contributed by atoms with Crippen LogP contribution in [0.15, 0.2) is 53.9 Å². The second kappa shape index (κ2) is 11.7. The number of benzene rings is 2. The number of carbonyl (C=O) groups is 3. The molecule has 0 radical (unpaired) electrons. The SMILES string of the molecule is COC(=O)c1nc(C(=O)N[C@@H]2CCCNC2)ccc1-c1cc2c(cc1C(=O)Nc1ccc3nc(N)[nH]c3c1)-c1sccc1CO2. The van der Waals surface area contributed by atoms with E-state index in [-0.39, 0.29) is 28.9 Å². The Morgan fingerprint density at radius 3 is 2.76 bits per heavy atom. The molecule has 1 fully saturated rings. The smallest absolute Gasteiger partial charge is 0.357 e. The Balaban J connectivity index is 1.31. The molecule has 1 saturated heterocycles. The van der Waals surface area contributed by atoms with Crippen LogP contribution in [0.3, 0.4) is 0 Å². The highest BCUT2D eigenvalue weighted by Crippen LogP contribution is 2.44. The van der Waals surface area contributed by atoms with Gasteiger partial charge in [-0.2, -0.15) is 0 Å². The van der Waals surface area contributed by atoms with Crippen molar-refractivity contribution in [2.45, 2.75) is 25.5 Å². The lowest BCUT2D eigenvalue weighted by Gasteiger charge is -2.24. The molecule has 0 aliphatic carbocycles. The second-order valence-corrected chi connectivity index (χ2v) is 11.8. The van der Waals surface area contributed by atoms with Gasteiger partial charge in [-0.25, -0.2) is 14.8 Å². The van der Waals surface area contributed by atoms with Gasteiger partial charge < -0.3 is 36.1 Å². The Morgan fingerprint density at radius 2 is 1.93 bits per heavy atom. The van der Waals surface area contributed by atoms with Crippen LogP contribution in [0.25, 0.3) is 32.6 Å². The van der Waals surface area contributed by atoms with E-state index < -0.39 is 17.8 Å². The molecule has 13 heteroatoms. The molecule has 1 atom stereocenters. The van der Waals surface area contributed by atoms with Crippen molar-refractivity contribution in [1.29, 1.82) is 0 Å². The number of H-pyrrole nitrogens is 1. The number of thiophene rings is 1. The molecule has 0 spiro atoms. The maximum Gasteiger partial charge on any atom is 0.357 e. The van der Waals surface area contributed by atoms with Crippen molar-refractivity contribution in [1.82, 2.24) is 25.6 Å². The highest BCUT2D eigenvalue weighted by atomic mass is 32.1. The number of hydrogen-bond donors (Lipinski definition) is 5. The maximum atomic E-state index is 14.0. The van der Waals surface area contributed by atoms with E-state index in [1.54, 1.807) is 53.8 Å². The van der Waals surface area contributed by atoms with Crippen molar-refractivity contribution in [3.05, 3.63) is 76.4 Å². The van der Waals surface area contributed by atoms with Gasteiger partial charge in [0.1, 0.15) is 18.1 Å². The lowest BCUT2D eigenvalue weighted by Crippen LogP contribution is -2.45. The molecule has 6 N–H and O–H groups in total. The highest BCUT2D eigenvalue weighted by molar-refractivity contribution is 7.13. The van der Waals surface area contributed by atoms with Crippen LogP contribution in [-0.2, 0) is 11.3 Å². The van der Waals surface area contributed by atoms with Crippen LogP contribution in [0.5, 0.6) is 5.75 Å². The Labute approximate surface area is 261 Å². The number of aromatic amines is 1. The monoisotopic (exact) mass is 623 g/mol. The van der Waals surface area contributed by atoms with Crippen LogP contribution in [0, 0.1) is 0 Å². The standard InChI is InChI=1S/C32H29N7O5S/c1-43-31(42)27-19(5-7-24(37-27)30(41)36-18-3-2-9-34-14-18)20-13-26-22(28-16(15-44-26)8-10-45-28)12-21(20)29(40)35-17-4-6-23-25(11-17)39-32(33)38-23/h4-8,10-13,18,34H,2-3,9,14-15H2,1H3,(H,35,40)(H,36,41)(H3,33,38,39)/t18-/m1/s1. The Kier molecular flexibility index (Phi) is 7.39. The van der Waals surface area contributed by atoms with Gasteiger partial charge >= 0.3 is 5.97 Å². The average molecular weight is 624 g/mol. The number of nitrogen functional groups attached to an aromatic ring is 1. The summed E-state index contributed by atoms with van der Waals surface area (Å²) in [4.78, 5) is 52.9. The summed E-state index contributed by atoms with van der Waals surface area (Å²) in [7, 11) is 1.24. The number of nitrogens with one attached hydrogen (secondary N) is 4. The van der Waals surface area contributed by atoms with Crippen molar-refractivity contribution >= 4 is 51.8 Å². The predicted octanol–water partition coefficient (Wildman–Crippen LogP) is 4.35. The van der Waals surface area contributed by atoms with Crippen LogP contribution >= 0.6 is 11.3 Å². The molecule has 5 heterocycles. The molecule has 12 nitrogen and oxygen atoms in total. The Morgan fingerprint density at radius 1 is 1.04 bits per heavy atom. The molecular weight excluding hydrogens is 594 g/mol. The van der Waals surface area contributed by atoms with E-state index in [1.165, 1.54) is 7.11 Å². The summed E-state index contributed by atoms with van der Waals surface area (Å²) in [6.07, 6.45) is 1.80. The van der Waals surface area contributed by atoms with Crippen LogP contribution in [0.4, 0.5) is 11.6 Å². The first-order chi connectivity index (χ1) is 21.9. The number of methoxy groups -OCH3 is 1. The fourth-order valence-electron chi connectivity index (χ4n) is 5.72. The molecule has 0 unspecified atom stereocenters. The molecule has 5 aromatic rings. The van der Waals surface area contributed by atoms with Crippen molar-refractivity contribution < 1.29 is 23.9 Å². The first-order valence-corrected chi connectivity index (χ1v) is 15.3. The number of fused-ring (bicyclic) bond motifs is 4. The number of ether oxygens (including phenoxy) is 2. The van der Waals surface area contributed by atoms with Gasteiger partial charge in [0.25, 0.3) is 11.8 Å². The molecule has 0 bridgehead atoms. The Bertz CT molecular complexity index is 1980. The molecule has 2 aliphatic rings. The van der Waals surface area contributed by atoms with Gasteiger partial charge in [0, 0.05) is 51.0 Å². The molecule has 2 aliphatic heterocycles. The molecule has 228 valence electrons. The van der Waals surface area contributed by atoms with Gasteiger partial charge in [0.05, 0.1) is 18.1 Å². The summed E-state index contributed by atoms with van der Waals surface area (Å²) in [5.74, 6) is -0.731. The molecule has 0 saturated carbocycles. The molecule has 2 aromatic carbocycles. The van der Waals surface area contributed by atoms with Gasteiger partial charge in [-0.15, -0.1) is 11.3 Å². The topological polar surface area (TPSA) is 173 Å². The third kappa shape index (κ3) is 5.47. The second-order valence-electron chi connectivity index (χ2n) is 10.9. The number of carbonyl (C=O) groups excluding carboxylic acids is 3. The number of aromatic nitrogens is 3. The molecule has 3 aromatic heterocycles. The van der Waals surface area contributed by atoms with Crippen LogP contribution in [0.2, 0.25) is 0 Å². The number of amides is 2. The summed E-state index contributed by atoms with van der Waals surface area (Å²) in [6, 6.07) is 13.8. The fraction of sp³-hybridized carbons (Fsp3) is 0.219. The number of nitrogens with two attached hydrogens (primary N) is 1. The third-order valence-corrected chi connectivity index (χ3v) is 8.92. The largest absolute Gasteiger partial charge is 0.488 e. The third-order valence-electron chi connectivity index (χ3n) is 7.93. The van der Waals surface area contributed by atoms with Gasteiger partial charge in [0.15, 0.2) is 11.6 Å². The average Bonchev–Trinajstić information content (AvgIpc) is 3.69. The number of nitrogens with zero attached hydrogens (tertiary/aromatic N) is 2. The first kappa shape index (κ1) is 28.5. The number of piperidine rings is 1. The predicted molar refractivity (Wildman–Crippen MR) is 170 cm³/mol. The zero-order chi connectivity index (χ0) is 31.1. The number of rotatable bonds is 6. The summed E-state index contributed by atoms with van der Waals surface area (Å²) in [5.41, 5.74) is 10.4. The lowest BCUT2D eigenvalue weighted by atomic mass is 9.92. The van der Waals surface area contributed by atoms with E-state index in [0.717, 1.165) is 35.4 Å². The molecule has 45 heavy (non-hydrogen) atoms. The van der Waals surface area contributed by atoms with E-state index in [2.05, 4.69) is 30.9 Å². The van der Waals surface area contributed by atoms with Gasteiger partial charge in [-0.1, -0.05) is 0 Å². The van der Waals surface area contributed by atoms with Gasteiger partial charge in [-0.05, 0) is 73.3 Å². The number of hydrogen-bond acceptors (Lipinski definition) is 10. The van der Waals surface area contributed by atoms with E-state index in [4.69, 9.17) is 15.2 Å². The van der Waals surface area contributed by atoms with Crippen molar-refractivity contribution in [3.63, 3.8) is 0 Å². The van der Waals surface area contributed by atoms with E-state index in [1.807, 2.05) is 11.4 Å². The minimum atomic E-state index is -0.744. The molecule has 7 rings (SSSR count). The Hall–Kier alpha value is -5.27. The minimum Gasteiger partial charge on any atom is -0.488 e. The number of imidazole rings is 1. The number of pyridine rings is 1. The summed E-state index contributed by atoms with van der Waals surface area (Å²) in [5, 5.41) is 11.2. The zero-order valence-corrected chi connectivity index (χ0v) is 25.0. The molecule has 2 amide bonds. The maximum absolute atomic E-state index is 14.0. The highest BCUT2D eigenvalue weighted by Gasteiger charge is 2.28. The van der Waals surface area contributed by atoms with Crippen molar-refractivity contribution in [2.24, 2.45) is 0 Å². The summed E-state index contributed by atoms with van der Waals surface area (Å²) >= 11 is 1.56. The number of anilines is 2. The van der Waals surface area contributed by atoms with E-state index >= 15 is 0 Å². The number of esters is 1. The van der Waals surface area contributed by atoms with Crippen molar-refractivity contribution in [2.75, 3.05) is 31.2 Å². The summed E-state index contributed by atoms with van der Waals surface area (Å²) < 4.78 is 11.2. The fourth-order valence-corrected chi connectivity index (χ4v) is 6.66. The lowest BCUT2D eigenvalue weighted by molar-refractivity contribution is 0.0594. The van der Waals surface area contributed by atoms with Gasteiger partial charge in [-0.3, -0.25) is 9.59 Å². The minimum absolute atomic E-state index is 0.0399. The normalized spacial score (nSPS) is 15.4. The quantitative estimate of drug-likeness (QED) is 0.172.